The minimum absolute atomic E-state index is 0.499. The summed E-state index contributed by atoms with van der Waals surface area (Å²) in [7, 11) is -0.814. The molecule has 0 heterocycles. The van der Waals surface area contributed by atoms with Gasteiger partial charge >= 0.3 is 7.12 Å². The zero-order valence-corrected chi connectivity index (χ0v) is 9.54. The smallest absolute Gasteiger partial charge is 0.423 e. The van der Waals surface area contributed by atoms with E-state index in [0.717, 1.165) is 9.95 Å². The predicted octanol–water partition coefficient (Wildman–Crippen LogP) is 2.45. The van der Waals surface area contributed by atoms with E-state index in [4.69, 9.17) is 4.65 Å². The highest BCUT2D eigenvalue weighted by Crippen LogP contribution is 2.07. The van der Waals surface area contributed by atoms with Gasteiger partial charge in [0.25, 0.3) is 0 Å². The Balaban J connectivity index is 4.23. The van der Waals surface area contributed by atoms with Gasteiger partial charge in [-0.2, -0.15) is 0 Å². The van der Waals surface area contributed by atoms with Crippen molar-refractivity contribution in [2.24, 2.45) is 0 Å². The summed E-state index contributed by atoms with van der Waals surface area (Å²) in [5.41, 5.74) is 0.764. The third-order valence-corrected chi connectivity index (χ3v) is 2.00. The third kappa shape index (κ3) is 5.85. The van der Waals surface area contributed by atoms with E-state index in [-0.39, 0.29) is 0 Å². The van der Waals surface area contributed by atoms with Gasteiger partial charge in [-0.15, -0.1) is 0 Å². The lowest BCUT2D eigenvalue weighted by molar-refractivity contribution is 0.283. The van der Waals surface area contributed by atoms with Crippen LogP contribution in [0.4, 0.5) is 0 Å². The fourth-order valence-electron chi connectivity index (χ4n) is 0.651. The quantitative estimate of drug-likeness (QED) is 0.595. The molecule has 0 aliphatic heterocycles. The van der Waals surface area contributed by atoms with Crippen LogP contribution in [0.5, 0.6) is 0 Å². The Kier molecular flexibility index (Phi) is 6.95. The normalized spacial score (nSPS) is 12.9. The van der Waals surface area contributed by atoms with Gasteiger partial charge in [0.05, 0.1) is 0 Å². The highest BCUT2D eigenvalue weighted by Gasteiger charge is 2.12. The van der Waals surface area contributed by atoms with Crippen molar-refractivity contribution < 1.29 is 9.68 Å². The first-order valence-electron chi connectivity index (χ1n) is 4.07. The summed E-state index contributed by atoms with van der Waals surface area (Å²) in [6.45, 7) is 7.73. The first kappa shape index (κ1) is 12.7. The van der Waals surface area contributed by atoms with Crippen molar-refractivity contribution in [2.45, 2.75) is 13.8 Å². The van der Waals surface area contributed by atoms with Crippen LogP contribution in [0, 0.1) is 0 Å². The largest absolute Gasteiger partial charge is 0.486 e. The Morgan fingerprint density at radius 3 is 2.69 bits per heavy atom. The van der Waals surface area contributed by atoms with Crippen LogP contribution in [0.15, 0.2) is 34.8 Å². The molecule has 0 amide bonds. The Labute approximate surface area is 88.3 Å². The molecule has 13 heavy (non-hydrogen) atoms. The molecule has 0 aromatic heterocycles. The first-order valence-corrected chi connectivity index (χ1v) is 4.87. The van der Waals surface area contributed by atoms with Gasteiger partial charge in [-0.3, -0.25) is 0 Å². The second-order valence-corrected chi connectivity index (χ2v) is 3.39. The van der Waals surface area contributed by atoms with Crippen LogP contribution in [-0.4, -0.2) is 18.7 Å². The number of allylic oxidation sites excluding steroid dienone is 5. The lowest BCUT2D eigenvalue weighted by atomic mass is 9.79. The maximum absolute atomic E-state index is 9.34. The summed E-state index contributed by atoms with van der Waals surface area (Å²) < 4.78 is 5.86. The molecule has 0 bridgehead atoms. The highest BCUT2D eigenvalue weighted by molar-refractivity contribution is 9.11. The Morgan fingerprint density at radius 1 is 1.62 bits per heavy atom. The zero-order chi connectivity index (χ0) is 10.3. The summed E-state index contributed by atoms with van der Waals surface area (Å²) in [6.07, 6.45) is 5.27. The van der Waals surface area contributed by atoms with Gasteiger partial charge in [0.15, 0.2) is 0 Å². The molecule has 0 rings (SSSR count). The fourth-order valence-corrected chi connectivity index (χ4v) is 0.783. The average molecular weight is 245 g/mol. The van der Waals surface area contributed by atoms with Gasteiger partial charge in [0, 0.05) is 11.1 Å². The molecular formula is C9H14BBrO2. The molecule has 0 aliphatic rings. The van der Waals surface area contributed by atoms with Crippen molar-refractivity contribution in [3.8, 4) is 0 Å². The topological polar surface area (TPSA) is 29.5 Å². The first-order chi connectivity index (χ1) is 6.11. The summed E-state index contributed by atoms with van der Waals surface area (Å²) in [6, 6.07) is 0. The molecule has 2 nitrogen and oxygen atoms in total. The molecule has 0 atom stereocenters. The van der Waals surface area contributed by atoms with Crippen LogP contribution in [0.1, 0.15) is 13.8 Å². The molecule has 0 saturated carbocycles. The molecule has 0 aliphatic carbocycles. The molecule has 1 N–H and O–H groups in total. The lowest BCUT2D eigenvalue weighted by Crippen LogP contribution is -2.19. The van der Waals surface area contributed by atoms with Crippen LogP contribution in [0.25, 0.3) is 0 Å². The zero-order valence-electron chi connectivity index (χ0n) is 7.96. The Hall–Kier alpha value is -0.315. The third-order valence-electron chi connectivity index (χ3n) is 1.41. The molecule has 0 radical (unpaired) electrons. The second kappa shape index (κ2) is 7.12. The minimum Gasteiger partial charge on any atom is -0.423 e. The van der Waals surface area contributed by atoms with Gasteiger partial charge in [-0.25, -0.2) is 0 Å². The Bertz CT molecular complexity index is 224. The van der Waals surface area contributed by atoms with Crippen molar-refractivity contribution in [3.63, 3.8) is 0 Å². The molecule has 0 aromatic carbocycles. The summed E-state index contributed by atoms with van der Waals surface area (Å²) in [5, 5.41) is 9.34. The maximum atomic E-state index is 9.34. The molecule has 0 saturated heterocycles. The molecule has 72 valence electrons. The van der Waals surface area contributed by atoms with E-state index in [2.05, 4.69) is 22.5 Å². The van der Waals surface area contributed by atoms with Gasteiger partial charge in [0.2, 0.25) is 0 Å². The Morgan fingerprint density at radius 2 is 2.23 bits per heavy atom. The minimum atomic E-state index is -0.814. The van der Waals surface area contributed by atoms with Crippen molar-refractivity contribution in [2.75, 3.05) is 6.61 Å². The summed E-state index contributed by atoms with van der Waals surface area (Å²) in [5.74, 6) is 0. The lowest BCUT2D eigenvalue weighted by Gasteiger charge is -2.04. The van der Waals surface area contributed by atoms with Gasteiger partial charge < -0.3 is 9.68 Å². The number of halogens is 1. The van der Waals surface area contributed by atoms with E-state index in [1.165, 1.54) is 0 Å². The van der Waals surface area contributed by atoms with Gasteiger partial charge in [-0.1, -0.05) is 34.7 Å². The van der Waals surface area contributed by atoms with Gasteiger partial charge in [-0.05, 0) is 25.4 Å². The van der Waals surface area contributed by atoms with Crippen molar-refractivity contribution >= 4 is 23.0 Å². The average Bonchev–Trinajstić information content (AvgIpc) is 2.13. The van der Waals surface area contributed by atoms with E-state index in [1.807, 2.05) is 13.0 Å². The van der Waals surface area contributed by atoms with E-state index in [1.54, 1.807) is 19.1 Å². The molecular weight excluding hydrogens is 231 g/mol. The summed E-state index contributed by atoms with van der Waals surface area (Å²) in [4.78, 5) is 0. The maximum Gasteiger partial charge on any atom is 0.486 e. The molecule has 4 heteroatoms. The predicted molar refractivity (Wildman–Crippen MR) is 60.6 cm³/mol. The standard InChI is InChI=1S/C9H14BBrO2/c1-4-9(11)7-6-8(3)10(12)13-5-2/h4,6-7,12H,1,5H2,2-3H3. The van der Waals surface area contributed by atoms with Crippen LogP contribution >= 0.6 is 15.9 Å². The number of hydrogen-bond donors (Lipinski definition) is 1. The van der Waals surface area contributed by atoms with Crippen LogP contribution in [-0.2, 0) is 4.65 Å². The number of rotatable bonds is 5. The fraction of sp³-hybridized carbons (Fsp3) is 0.333. The van der Waals surface area contributed by atoms with Crippen molar-refractivity contribution in [1.82, 2.24) is 0 Å². The van der Waals surface area contributed by atoms with Crippen molar-refractivity contribution in [1.29, 1.82) is 0 Å². The second-order valence-electron chi connectivity index (χ2n) is 2.47. The monoisotopic (exact) mass is 244 g/mol. The highest BCUT2D eigenvalue weighted by atomic mass is 79.9. The van der Waals surface area contributed by atoms with Crippen LogP contribution in [0.2, 0.25) is 0 Å². The van der Waals surface area contributed by atoms with E-state index >= 15 is 0 Å². The van der Waals surface area contributed by atoms with Crippen molar-refractivity contribution in [3.05, 3.63) is 34.8 Å². The molecule has 0 spiro atoms. The summed E-state index contributed by atoms with van der Waals surface area (Å²) >= 11 is 3.27. The number of hydrogen-bond acceptors (Lipinski definition) is 2. The van der Waals surface area contributed by atoms with E-state index in [9.17, 15) is 5.02 Å². The van der Waals surface area contributed by atoms with E-state index < -0.39 is 7.12 Å². The molecule has 0 unspecified atom stereocenters. The van der Waals surface area contributed by atoms with Crippen LogP contribution < -0.4 is 0 Å². The molecule has 0 fully saturated rings. The van der Waals surface area contributed by atoms with E-state index in [0.29, 0.717) is 6.61 Å². The van der Waals surface area contributed by atoms with Gasteiger partial charge in [0.1, 0.15) is 0 Å². The van der Waals surface area contributed by atoms with Crippen LogP contribution in [0.3, 0.4) is 0 Å². The molecule has 0 aromatic rings. The SMILES string of the molecule is C=CC(Br)=CC=C(C)B(O)OCC.